The Kier molecular flexibility index (Phi) is 1.73. The number of rotatable bonds is 0. The van der Waals surface area contributed by atoms with Gasteiger partial charge in [0.05, 0.1) is 5.38 Å². The van der Waals surface area contributed by atoms with Crippen LogP contribution >= 0.6 is 11.6 Å². The Balaban J connectivity index is 2.29. The summed E-state index contributed by atoms with van der Waals surface area (Å²) < 4.78 is 4.62. The van der Waals surface area contributed by atoms with Gasteiger partial charge < -0.3 is 4.74 Å². The fourth-order valence-corrected chi connectivity index (χ4v) is 0.785. The number of alkyl halides is 1. The minimum Gasteiger partial charge on any atom is -0.464 e. The molecule has 0 amide bonds. The van der Waals surface area contributed by atoms with E-state index in [2.05, 4.69) is 4.74 Å². The molecule has 1 atom stereocenters. The summed E-state index contributed by atoms with van der Waals surface area (Å²) in [6.07, 6.45) is 1.24. The Hall–Kier alpha value is -0.240. The van der Waals surface area contributed by atoms with Gasteiger partial charge in [-0.1, -0.05) is 0 Å². The molecule has 3 heteroatoms. The van der Waals surface area contributed by atoms with Crippen LogP contribution in [0, 0.1) is 0 Å². The zero-order valence-corrected chi connectivity index (χ0v) is 5.15. The molecule has 0 radical (unpaired) electrons. The van der Waals surface area contributed by atoms with Gasteiger partial charge >= 0.3 is 5.97 Å². The van der Waals surface area contributed by atoms with E-state index >= 15 is 0 Å². The summed E-state index contributed by atoms with van der Waals surface area (Å²) in [5.74, 6) is -0.123. The minimum absolute atomic E-state index is 0.0488. The van der Waals surface area contributed by atoms with Gasteiger partial charge in [0.2, 0.25) is 0 Å². The topological polar surface area (TPSA) is 26.3 Å². The monoisotopic (exact) mass is 134 g/mol. The van der Waals surface area contributed by atoms with Crippen molar-refractivity contribution in [1.82, 2.24) is 0 Å². The zero-order valence-electron chi connectivity index (χ0n) is 4.39. The highest BCUT2D eigenvalue weighted by atomic mass is 35.5. The van der Waals surface area contributed by atoms with Crippen molar-refractivity contribution >= 4 is 17.6 Å². The molecule has 0 saturated carbocycles. The van der Waals surface area contributed by atoms with Gasteiger partial charge in [-0.25, -0.2) is 0 Å². The van der Waals surface area contributed by atoms with Crippen molar-refractivity contribution in [1.29, 1.82) is 0 Å². The van der Waals surface area contributed by atoms with Crippen LogP contribution < -0.4 is 0 Å². The Bertz CT molecular complexity index is 92.6. The average Bonchev–Trinajstić information content (AvgIpc) is 1.77. The molecule has 1 aliphatic rings. The summed E-state index contributed by atoms with van der Waals surface area (Å²) in [5.41, 5.74) is 0. The SMILES string of the molecule is O=C1CCC(Cl)CO1. The molecule has 0 spiro atoms. The van der Waals surface area contributed by atoms with E-state index in [0.29, 0.717) is 13.0 Å². The maximum absolute atomic E-state index is 10.3. The van der Waals surface area contributed by atoms with E-state index in [1.165, 1.54) is 0 Å². The van der Waals surface area contributed by atoms with Gasteiger partial charge in [-0.3, -0.25) is 4.79 Å². The summed E-state index contributed by atoms with van der Waals surface area (Å²) in [4.78, 5) is 10.3. The number of esters is 1. The van der Waals surface area contributed by atoms with E-state index in [4.69, 9.17) is 11.6 Å². The third-order valence-electron chi connectivity index (χ3n) is 1.09. The molecule has 0 bridgehead atoms. The Morgan fingerprint density at radius 1 is 1.75 bits per heavy atom. The summed E-state index contributed by atoms with van der Waals surface area (Å²) >= 11 is 5.60. The smallest absolute Gasteiger partial charge is 0.305 e. The van der Waals surface area contributed by atoms with Gasteiger partial charge in [-0.15, -0.1) is 11.6 Å². The Morgan fingerprint density at radius 2 is 2.50 bits per heavy atom. The van der Waals surface area contributed by atoms with Gasteiger partial charge in [0.25, 0.3) is 0 Å². The lowest BCUT2D eigenvalue weighted by atomic mass is 10.2. The number of cyclic esters (lactones) is 1. The predicted octanol–water partition coefficient (Wildman–Crippen LogP) is 0.931. The molecule has 46 valence electrons. The molecule has 1 saturated heterocycles. The number of carbonyl (C=O) groups excluding carboxylic acids is 1. The second-order valence-electron chi connectivity index (χ2n) is 1.82. The van der Waals surface area contributed by atoms with Crippen LogP contribution in [0.4, 0.5) is 0 Å². The third-order valence-corrected chi connectivity index (χ3v) is 1.43. The van der Waals surface area contributed by atoms with Gasteiger partial charge in [-0.05, 0) is 6.42 Å². The lowest BCUT2D eigenvalue weighted by Crippen LogP contribution is -2.21. The van der Waals surface area contributed by atoms with E-state index in [0.717, 1.165) is 6.42 Å². The van der Waals surface area contributed by atoms with E-state index in [-0.39, 0.29) is 11.3 Å². The molecule has 0 aliphatic carbocycles. The molecule has 1 heterocycles. The summed E-state index contributed by atoms with van der Waals surface area (Å²) in [6.45, 7) is 0.389. The van der Waals surface area contributed by atoms with Crippen molar-refractivity contribution in [3.8, 4) is 0 Å². The summed E-state index contributed by atoms with van der Waals surface area (Å²) in [5, 5.41) is 0.0488. The maximum Gasteiger partial charge on any atom is 0.305 e. The maximum atomic E-state index is 10.3. The average molecular weight is 135 g/mol. The molecule has 0 N–H and O–H groups in total. The van der Waals surface area contributed by atoms with Crippen LogP contribution in [0.3, 0.4) is 0 Å². The molecule has 0 aromatic heterocycles. The minimum atomic E-state index is -0.123. The lowest BCUT2D eigenvalue weighted by molar-refractivity contribution is -0.146. The fourth-order valence-electron chi connectivity index (χ4n) is 0.613. The highest BCUT2D eigenvalue weighted by molar-refractivity contribution is 6.21. The van der Waals surface area contributed by atoms with Gasteiger partial charge in [0.1, 0.15) is 6.61 Å². The molecule has 2 nitrogen and oxygen atoms in total. The Morgan fingerprint density at radius 3 is 2.88 bits per heavy atom. The van der Waals surface area contributed by atoms with Crippen LogP contribution in [0.15, 0.2) is 0 Å². The molecule has 8 heavy (non-hydrogen) atoms. The van der Waals surface area contributed by atoms with Crippen LogP contribution in [0.2, 0.25) is 0 Å². The molecule has 1 fully saturated rings. The standard InChI is InChI=1S/C5H7ClO2/c6-4-1-2-5(7)8-3-4/h4H,1-3H2. The molecule has 1 rings (SSSR count). The van der Waals surface area contributed by atoms with E-state index in [1.54, 1.807) is 0 Å². The van der Waals surface area contributed by atoms with Gasteiger partial charge in [-0.2, -0.15) is 0 Å². The normalized spacial score (nSPS) is 29.6. The van der Waals surface area contributed by atoms with Crippen molar-refractivity contribution in [2.45, 2.75) is 18.2 Å². The lowest BCUT2D eigenvalue weighted by Gasteiger charge is -2.14. The van der Waals surface area contributed by atoms with Crippen LogP contribution in [0.5, 0.6) is 0 Å². The zero-order chi connectivity index (χ0) is 5.98. The first-order valence-electron chi connectivity index (χ1n) is 2.59. The van der Waals surface area contributed by atoms with Crippen LogP contribution in [0.25, 0.3) is 0 Å². The number of ether oxygens (including phenoxy) is 1. The van der Waals surface area contributed by atoms with Crippen LogP contribution in [-0.2, 0) is 9.53 Å². The number of carbonyl (C=O) groups is 1. The largest absolute Gasteiger partial charge is 0.464 e. The molecule has 0 aromatic rings. The van der Waals surface area contributed by atoms with Crippen LogP contribution in [-0.4, -0.2) is 18.0 Å². The van der Waals surface area contributed by atoms with Gasteiger partial charge in [0.15, 0.2) is 0 Å². The van der Waals surface area contributed by atoms with Crippen molar-refractivity contribution in [3.63, 3.8) is 0 Å². The predicted molar refractivity (Wildman–Crippen MR) is 29.8 cm³/mol. The highest BCUT2D eigenvalue weighted by Gasteiger charge is 2.16. The van der Waals surface area contributed by atoms with E-state index < -0.39 is 0 Å². The van der Waals surface area contributed by atoms with Crippen molar-refractivity contribution in [2.24, 2.45) is 0 Å². The molecular formula is C5H7ClO2. The third kappa shape index (κ3) is 1.37. The second-order valence-corrected chi connectivity index (χ2v) is 2.44. The number of halogens is 1. The second kappa shape index (κ2) is 2.35. The Labute approximate surface area is 52.8 Å². The molecule has 1 aliphatic heterocycles. The first kappa shape index (κ1) is 5.89. The quantitative estimate of drug-likeness (QED) is 0.364. The summed E-state index contributed by atoms with van der Waals surface area (Å²) in [6, 6.07) is 0. The van der Waals surface area contributed by atoms with Crippen molar-refractivity contribution in [2.75, 3.05) is 6.61 Å². The molecule has 0 aromatic carbocycles. The van der Waals surface area contributed by atoms with Crippen molar-refractivity contribution < 1.29 is 9.53 Å². The van der Waals surface area contributed by atoms with Gasteiger partial charge in [0, 0.05) is 6.42 Å². The fraction of sp³-hybridized carbons (Fsp3) is 0.800. The first-order valence-corrected chi connectivity index (χ1v) is 3.02. The van der Waals surface area contributed by atoms with Crippen molar-refractivity contribution in [3.05, 3.63) is 0 Å². The summed E-state index contributed by atoms with van der Waals surface area (Å²) in [7, 11) is 0. The number of hydrogen-bond acceptors (Lipinski definition) is 2. The molecular weight excluding hydrogens is 128 g/mol. The first-order chi connectivity index (χ1) is 3.79. The molecule has 1 unspecified atom stereocenters. The highest BCUT2D eigenvalue weighted by Crippen LogP contribution is 2.12. The van der Waals surface area contributed by atoms with E-state index in [9.17, 15) is 4.79 Å². The number of hydrogen-bond donors (Lipinski definition) is 0. The van der Waals surface area contributed by atoms with E-state index in [1.807, 2.05) is 0 Å². The van der Waals surface area contributed by atoms with Crippen LogP contribution in [0.1, 0.15) is 12.8 Å².